The van der Waals surface area contributed by atoms with Crippen molar-refractivity contribution in [1.29, 1.82) is 0 Å². The Kier molecular flexibility index (Phi) is 7.31. The van der Waals surface area contributed by atoms with E-state index in [1.807, 2.05) is 33.8 Å². The zero-order valence-electron chi connectivity index (χ0n) is 19.0. The minimum absolute atomic E-state index is 0.138. The van der Waals surface area contributed by atoms with Crippen LogP contribution in [0.5, 0.6) is 11.5 Å². The number of amides is 1. The molecular formula is C26H26F3NO3. The minimum atomic E-state index is -4.58. The van der Waals surface area contributed by atoms with Crippen LogP contribution in [0.25, 0.3) is 0 Å². The second kappa shape index (κ2) is 9.98. The van der Waals surface area contributed by atoms with Crippen molar-refractivity contribution in [3.63, 3.8) is 0 Å². The molecule has 7 heteroatoms. The molecule has 1 amide bonds. The van der Waals surface area contributed by atoms with Gasteiger partial charge in [-0.25, -0.2) is 0 Å². The molecule has 3 rings (SSSR count). The van der Waals surface area contributed by atoms with E-state index in [2.05, 4.69) is 11.4 Å². The second-order valence-electron chi connectivity index (χ2n) is 7.75. The molecule has 0 unspecified atom stereocenters. The summed E-state index contributed by atoms with van der Waals surface area (Å²) in [6.07, 6.45) is -4.58. The Hall–Kier alpha value is -3.48. The number of benzene rings is 3. The van der Waals surface area contributed by atoms with Crippen molar-refractivity contribution in [1.82, 2.24) is 0 Å². The Morgan fingerprint density at radius 3 is 2.36 bits per heavy atom. The molecule has 0 aliphatic heterocycles. The first kappa shape index (κ1) is 24.2. The number of halogens is 3. The van der Waals surface area contributed by atoms with E-state index >= 15 is 0 Å². The summed E-state index contributed by atoms with van der Waals surface area (Å²) in [6.45, 7) is 8.35. The summed E-state index contributed by atoms with van der Waals surface area (Å²) < 4.78 is 51.5. The molecule has 0 atom stereocenters. The van der Waals surface area contributed by atoms with Crippen molar-refractivity contribution >= 4 is 11.6 Å². The largest absolute Gasteiger partial charge is 0.493 e. The third kappa shape index (κ3) is 5.86. The zero-order chi connectivity index (χ0) is 24.2. The first-order chi connectivity index (χ1) is 15.6. The number of carbonyl (C=O) groups excluding carboxylic acids is 1. The summed E-state index contributed by atoms with van der Waals surface area (Å²) in [7, 11) is 0. The predicted molar refractivity (Wildman–Crippen MR) is 122 cm³/mol. The SMILES string of the molecule is CCOc1ccc(C(=O)Nc2ccccc2C(F)(F)F)cc1COc1cc(C)cc(C)c1C. The topological polar surface area (TPSA) is 47.6 Å². The minimum Gasteiger partial charge on any atom is -0.493 e. The van der Waals surface area contributed by atoms with Gasteiger partial charge in [-0.05, 0) is 80.8 Å². The van der Waals surface area contributed by atoms with Crippen LogP contribution in [-0.2, 0) is 12.8 Å². The molecule has 0 radical (unpaired) electrons. The molecule has 0 saturated carbocycles. The molecule has 3 aromatic rings. The van der Waals surface area contributed by atoms with Gasteiger partial charge in [-0.15, -0.1) is 0 Å². The standard InChI is InChI=1S/C26H26F3NO3/c1-5-32-23-11-10-19(25(31)30-22-9-7-6-8-21(22)26(27,28)29)14-20(23)15-33-24-13-16(2)12-17(3)18(24)4/h6-14H,5,15H2,1-4H3,(H,30,31). The quantitative estimate of drug-likeness (QED) is 0.422. The van der Waals surface area contributed by atoms with Crippen molar-refractivity contribution in [3.8, 4) is 11.5 Å². The third-order valence-electron chi connectivity index (χ3n) is 5.25. The Labute approximate surface area is 191 Å². The molecule has 4 nitrogen and oxygen atoms in total. The van der Waals surface area contributed by atoms with Gasteiger partial charge in [-0.1, -0.05) is 18.2 Å². The van der Waals surface area contributed by atoms with Gasteiger partial charge in [0.25, 0.3) is 5.91 Å². The van der Waals surface area contributed by atoms with Crippen molar-refractivity contribution < 1.29 is 27.4 Å². The fourth-order valence-corrected chi connectivity index (χ4v) is 3.47. The Morgan fingerprint density at radius 2 is 1.67 bits per heavy atom. The lowest BCUT2D eigenvalue weighted by atomic mass is 10.1. The highest BCUT2D eigenvalue weighted by Crippen LogP contribution is 2.35. The van der Waals surface area contributed by atoms with Gasteiger partial charge in [-0.2, -0.15) is 13.2 Å². The maximum atomic E-state index is 13.3. The molecule has 1 N–H and O–H groups in total. The first-order valence-corrected chi connectivity index (χ1v) is 10.5. The normalized spacial score (nSPS) is 11.2. The number of para-hydroxylation sites is 1. The number of aryl methyl sites for hydroxylation is 2. The van der Waals surface area contributed by atoms with Crippen LogP contribution in [-0.4, -0.2) is 12.5 Å². The van der Waals surface area contributed by atoms with Crippen LogP contribution in [0, 0.1) is 20.8 Å². The van der Waals surface area contributed by atoms with E-state index in [9.17, 15) is 18.0 Å². The van der Waals surface area contributed by atoms with Crippen LogP contribution in [0.15, 0.2) is 54.6 Å². The van der Waals surface area contributed by atoms with Gasteiger partial charge in [-0.3, -0.25) is 4.79 Å². The Bertz CT molecular complexity index is 1160. The maximum absolute atomic E-state index is 13.3. The zero-order valence-corrected chi connectivity index (χ0v) is 19.0. The number of rotatable bonds is 7. The lowest BCUT2D eigenvalue weighted by Gasteiger charge is -2.16. The molecule has 0 aliphatic rings. The van der Waals surface area contributed by atoms with Crippen molar-refractivity contribution in [2.24, 2.45) is 0 Å². The number of nitrogens with one attached hydrogen (secondary N) is 1. The number of alkyl halides is 3. The lowest BCUT2D eigenvalue weighted by molar-refractivity contribution is -0.136. The number of anilines is 1. The van der Waals surface area contributed by atoms with E-state index in [-0.39, 0.29) is 17.9 Å². The smallest absolute Gasteiger partial charge is 0.418 e. The highest BCUT2D eigenvalue weighted by molar-refractivity contribution is 6.05. The first-order valence-electron chi connectivity index (χ1n) is 10.5. The molecule has 0 saturated heterocycles. The molecule has 174 valence electrons. The third-order valence-corrected chi connectivity index (χ3v) is 5.25. The molecule has 0 aliphatic carbocycles. The number of ether oxygens (including phenoxy) is 2. The average Bonchev–Trinajstić information content (AvgIpc) is 2.75. The summed E-state index contributed by atoms with van der Waals surface area (Å²) in [6, 6.07) is 13.6. The molecule has 0 fully saturated rings. The van der Waals surface area contributed by atoms with Crippen LogP contribution in [0.3, 0.4) is 0 Å². The second-order valence-corrected chi connectivity index (χ2v) is 7.75. The van der Waals surface area contributed by atoms with Gasteiger partial charge in [0.1, 0.15) is 18.1 Å². The van der Waals surface area contributed by atoms with Gasteiger partial charge in [0.2, 0.25) is 0 Å². The van der Waals surface area contributed by atoms with E-state index in [0.717, 1.165) is 28.5 Å². The molecule has 0 aromatic heterocycles. The molecular weight excluding hydrogens is 431 g/mol. The summed E-state index contributed by atoms with van der Waals surface area (Å²) >= 11 is 0. The average molecular weight is 457 g/mol. The molecule has 33 heavy (non-hydrogen) atoms. The van der Waals surface area contributed by atoms with E-state index < -0.39 is 17.6 Å². The number of hydrogen-bond donors (Lipinski definition) is 1. The predicted octanol–water partition coefficient (Wildman–Crippen LogP) is 6.86. The Balaban J connectivity index is 1.87. The monoisotopic (exact) mass is 457 g/mol. The van der Waals surface area contributed by atoms with E-state index in [1.54, 1.807) is 12.1 Å². The van der Waals surface area contributed by atoms with Gasteiger partial charge < -0.3 is 14.8 Å². The van der Waals surface area contributed by atoms with Gasteiger partial charge >= 0.3 is 6.18 Å². The number of carbonyl (C=O) groups is 1. The van der Waals surface area contributed by atoms with Gasteiger partial charge in [0, 0.05) is 11.1 Å². The van der Waals surface area contributed by atoms with E-state index in [0.29, 0.717) is 17.9 Å². The summed E-state index contributed by atoms with van der Waals surface area (Å²) in [5.41, 5.74) is 2.79. The van der Waals surface area contributed by atoms with Crippen LogP contribution in [0.4, 0.5) is 18.9 Å². The van der Waals surface area contributed by atoms with Crippen LogP contribution in [0.2, 0.25) is 0 Å². The van der Waals surface area contributed by atoms with Gasteiger partial charge in [0.05, 0.1) is 17.9 Å². The summed E-state index contributed by atoms with van der Waals surface area (Å²) in [5.74, 6) is 0.620. The Morgan fingerprint density at radius 1 is 0.939 bits per heavy atom. The molecule has 3 aromatic carbocycles. The fraction of sp³-hybridized carbons (Fsp3) is 0.269. The summed E-state index contributed by atoms with van der Waals surface area (Å²) in [5, 5.41) is 2.37. The van der Waals surface area contributed by atoms with E-state index in [4.69, 9.17) is 9.47 Å². The molecule has 0 heterocycles. The fourth-order valence-electron chi connectivity index (χ4n) is 3.47. The van der Waals surface area contributed by atoms with Crippen LogP contribution in [0.1, 0.15) is 45.1 Å². The van der Waals surface area contributed by atoms with Crippen molar-refractivity contribution in [2.75, 3.05) is 11.9 Å². The van der Waals surface area contributed by atoms with Crippen molar-refractivity contribution in [3.05, 3.63) is 88.0 Å². The molecule has 0 spiro atoms. The molecule has 0 bridgehead atoms. The van der Waals surface area contributed by atoms with Crippen LogP contribution >= 0.6 is 0 Å². The van der Waals surface area contributed by atoms with Crippen molar-refractivity contribution in [2.45, 2.75) is 40.5 Å². The summed E-state index contributed by atoms with van der Waals surface area (Å²) in [4.78, 5) is 12.8. The van der Waals surface area contributed by atoms with Gasteiger partial charge in [0.15, 0.2) is 0 Å². The lowest BCUT2D eigenvalue weighted by Crippen LogP contribution is -2.17. The highest BCUT2D eigenvalue weighted by Gasteiger charge is 2.33. The number of hydrogen-bond acceptors (Lipinski definition) is 3. The maximum Gasteiger partial charge on any atom is 0.418 e. The van der Waals surface area contributed by atoms with E-state index in [1.165, 1.54) is 24.3 Å². The highest BCUT2D eigenvalue weighted by atomic mass is 19.4. The van der Waals surface area contributed by atoms with Crippen LogP contribution < -0.4 is 14.8 Å².